The molecule has 0 saturated heterocycles. The molecule has 3 nitrogen and oxygen atoms in total. The quantitative estimate of drug-likeness (QED) is 0.861. The van der Waals surface area contributed by atoms with Crippen LogP contribution in [-0.4, -0.2) is 23.6 Å². The zero-order valence-electron chi connectivity index (χ0n) is 9.58. The van der Waals surface area contributed by atoms with Gasteiger partial charge in [0, 0.05) is 12.8 Å². The Kier molecular flexibility index (Phi) is 3.15. The van der Waals surface area contributed by atoms with E-state index in [1.54, 1.807) is 0 Å². The van der Waals surface area contributed by atoms with Crippen molar-refractivity contribution >= 4 is 5.97 Å². The zero-order valence-corrected chi connectivity index (χ0v) is 9.58. The third kappa shape index (κ3) is 2.50. The summed E-state index contributed by atoms with van der Waals surface area (Å²) in [6.45, 7) is -2.99. The Hall–Kier alpha value is -1.79. The van der Waals surface area contributed by atoms with Crippen molar-refractivity contribution < 1.29 is 32.2 Å². The zero-order chi connectivity index (χ0) is 14.3. The highest BCUT2D eigenvalue weighted by Crippen LogP contribution is 2.53. The maximum absolute atomic E-state index is 12.9. The smallest absolute Gasteiger partial charge is 0.387 e. The van der Waals surface area contributed by atoms with Crippen LogP contribution in [-0.2, 0) is 10.2 Å². The lowest BCUT2D eigenvalue weighted by Gasteiger charge is -2.44. The van der Waals surface area contributed by atoms with Crippen molar-refractivity contribution in [2.24, 2.45) is 0 Å². The number of hydrogen-bond acceptors (Lipinski definition) is 2. The first-order valence-electron chi connectivity index (χ1n) is 5.42. The summed E-state index contributed by atoms with van der Waals surface area (Å²) >= 11 is 0. The van der Waals surface area contributed by atoms with Crippen LogP contribution in [0.5, 0.6) is 5.75 Å². The Morgan fingerprint density at radius 3 is 2.11 bits per heavy atom. The van der Waals surface area contributed by atoms with Gasteiger partial charge in [0.15, 0.2) is 0 Å². The molecule has 0 bridgehead atoms. The van der Waals surface area contributed by atoms with Crippen molar-refractivity contribution in [1.82, 2.24) is 0 Å². The van der Waals surface area contributed by atoms with Gasteiger partial charge < -0.3 is 9.84 Å². The van der Waals surface area contributed by atoms with Crippen LogP contribution in [0.1, 0.15) is 18.4 Å². The molecule has 1 aliphatic rings. The molecule has 104 valence electrons. The van der Waals surface area contributed by atoms with E-state index in [4.69, 9.17) is 5.11 Å². The highest BCUT2D eigenvalue weighted by atomic mass is 19.3. The van der Waals surface area contributed by atoms with E-state index < -0.39 is 36.8 Å². The lowest BCUT2D eigenvalue weighted by Crippen LogP contribution is -2.54. The number of hydrogen-bond donors (Lipinski definition) is 1. The molecule has 0 radical (unpaired) electrons. The van der Waals surface area contributed by atoms with E-state index in [1.165, 1.54) is 12.1 Å². The van der Waals surface area contributed by atoms with E-state index >= 15 is 0 Å². The fraction of sp³-hybridized carbons (Fsp3) is 0.417. The van der Waals surface area contributed by atoms with Gasteiger partial charge in [0.1, 0.15) is 11.2 Å². The molecule has 0 atom stereocenters. The van der Waals surface area contributed by atoms with Crippen LogP contribution in [0.3, 0.4) is 0 Å². The molecule has 1 N–H and O–H groups in total. The number of rotatable bonds is 4. The standard InChI is InChI=1S/C12H10F4O3/c13-10(14)19-8-3-1-7(2-4-8)11(9(17)18)5-12(15,16)6-11/h1-4,10H,5-6H2,(H,17,18). The lowest BCUT2D eigenvalue weighted by atomic mass is 9.62. The Balaban J connectivity index is 2.23. The van der Waals surface area contributed by atoms with Gasteiger partial charge in [-0.05, 0) is 17.7 Å². The molecule has 1 saturated carbocycles. The predicted molar refractivity (Wildman–Crippen MR) is 56.6 cm³/mol. The van der Waals surface area contributed by atoms with Crippen molar-refractivity contribution in [3.63, 3.8) is 0 Å². The summed E-state index contributed by atoms with van der Waals surface area (Å²) in [5.41, 5.74) is -1.49. The second kappa shape index (κ2) is 4.40. The van der Waals surface area contributed by atoms with E-state index in [-0.39, 0.29) is 11.3 Å². The van der Waals surface area contributed by atoms with Crippen LogP contribution in [0.2, 0.25) is 0 Å². The van der Waals surface area contributed by atoms with Crippen molar-refractivity contribution in [2.45, 2.75) is 30.8 Å². The molecule has 2 rings (SSSR count). The summed E-state index contributed by atoms with van der Waals surface area (Å²) in [5, 5.41) is 9.10. The Bertz CT molecular complexity index is 476. The van der Waals surface area contributed by atoms with Gasteiger partial charge in [-0.1, -0.05) is 12.1 Å². The second-order valence-corrected chi connectivity index (χ2v) is 4.50. The van der Waals surface area contributed by atoms with Gasteiger partial charge in [0.2, 0.25) is 0 Å². The summed E-state index contributed by atoms with van der Waals surface area (Å²) in [5.74, 6) is -4.50. The predicted octanol–water partition coefficient (Wildman–Crippen LogP) is 3.04. The average molecular weight is 278 g/mol. The number of alkyl halides is 4. The summed E-state index contributed by atoms with van der Waals surface area (Å²) < 4.78 is 53.9. The van der Waals surface area contributed by atoms with Crippen molar-refractivity contribution in [3.05, 3.63) is 29.8 Å². The second-order valence-electron chi connectivity index (χ2n) is 4.50. The van der Waals surface area contributed by atoms with Crippen molar-refractivity contribution in [3.8, 4) is 5.75 Å². The lowest BCUT2D eigenvalue weighted by molar-refractivity contribution is -0.174. The third-order valence-electron chi connectivity index (χ3n) is 3.16. The topological polar surface area (TPSA) is 46.5 Å². The molecular weight excluding hydrogens is 268 g/mol. The molecule has 0 spiro atoms. The van der Waals surface area contributed by atoms with Crippen molar-refractivity contribution in [1.29, 1.82) is 0 Å². The molecule has 0 aromatic heterocycles. The highest BCUT2D eigenvalue weighted by Gasteiger charge is 2.62. The van der Waals surface area contributed by atoms with E-state index in [0.717, 1.165) is 12.1 Å². The number of aliphatic carboxylic acids is 1. The van der Waals surface area contributed by atoms with Gasteiger partial charge >= 0.3 is 12.6 Å². The highest BCUT2D eigenvalue weighted by molar-refractivity contribution is 5.83. The Morgan fingerprint density at radius 1 is 1.21 bits per heavy atom. The molecule has 1 fully saturated rings. The molecule has 7 heteroatoms. The number of ether oxygens (including phenoxy) is 1. The van der Waals surface area contributed by atoms with Gasteiger partial charge in [0.25, 0.3) is 5.92 Å². The van der Waals surface area contributed by atoms with Crippen LogP contribution >= 0.6 is 0 Å². The van der Waals surface area contributed by atoms with Gasteiger partial charge in [-0.2, -0.15) is 8.78 Å². The molecular formula is C12H10F4O3. The largest absolute Gasteiger partial charge is 0.481 e. The number of carbonyl (C=O) groups is 1. The molecule has 0 amide bonds. The minimum atomic E-state index is -3.00. The van der Waals surface area contributed by atoms with Crippen LogP contribution in [0.15, 0.2) is 24.3 Å². The first-order chi connectivity index (χ1) is 8.75. The third-order valence-corrected chi connectivity index (χ3v) is 3.16. The van der Waals surface area contributed by atoms with E-state index in [2.05, 4.69) is 4.74 Å². The molecule has 19 heavy (non-hydrogen) atoms. The number of carboxylic acids is 1. The molecule has 0 aliphatic heterocycles. The normalized spacial score (nSPS) is 19.8. The minimum Gasteiger partial charge on any atom is -0.481 e. The monoisotopic (exact) mass is 278 g/mol. The summed E-state index contributed by atoms with van der Waals surface area (Å²) in [4.78, 5) is 11.2. The Labute approximate surface area is 105 Å². The summed E-state index contributed by atoms with van der Waals surface area (Å²) in [6, 6.07) is 4.73. The maximum atomic E-state index is 12.9. The molecule has 1 aliphatic carbocycles. The molecule has 0 unspecified atom stereocenters. The summed E-state index contributed by atoms with van der Waals surface area (Å²) in [7, 11) is 0. The van der Waals surface area contributed by atoms with E-state index in [0.29, 0.717) is 0 Å². The number of carboxylic acid groups (broad SMARTS) is 1. The van der Waals surface area contributed by atoms with Gasteiger partial charge in [0.05, 0.1) is 0 Å². The first-order valence-corrected chi connectivity index (χ1v) is 5.42. The van der Waals surface area contributed by atoms with Gasteiger partial charge in [-0.15, -0.1) is 0 Å². The first kappa shape index (κ1) is 13.6. The van der Waals surface area contributed by atoms with E-state index in [1.807, 2.05) is 0 Å². The minimum absolute atomic E-state index is 0.148. The van der Waals surface area contributed by atoms with Crippen LogP contribution < -0.4 is 4.74 Å². The fourth-order valence-electron chi connectivity index (χ4n) is 2.27. The van der Waals surface area contributed by atoms with Crippen LogP contribution in [0.25, 0.3) is 0 Å². The maximum Gasteiger partial charge on any atom is 0.387 e. The average Bonchev–Trinajstić information content (AvgIpc) is 2.25. The fourth-order valence-corrected chi connectivity index (χ4v) is 2.27. The van der Waals surface area contributed by atoms with Crippen molar-refractivity contribution in [2.75, 3.05) is 0 Å². The Morgan fingerprint density at radius 2 is 1.74 bits per heavy atom. The summed E-state index contributed by atoms with van der Waals surface area (Å²) in [6.07, 6.45) is -1.57. The molecule has 0 heterocycles. The van der Waals surface area contributed by atoms with E-state index in [9.17, 15) is 22.4 Å². The van der Waals surface area contributed by atoms with Gasteiger partial charge in [-0.3, -0.25) is 4.79 Å². The molecule has 1 aromatic carbocycles. The van der Waals surface area contributed by atoms with Crippen LogP contribution in [0.4, 0.5) is 17.6 Å². The SMILES string of the molecule is O=C(O)C1(c2ccc(OC(F)F)cc2)CC(F)(F)C1. The number of halogens is 4. The molecule has 1 aromatic rings. The number of benzene rings is 1. The van der Waals surface area contributed by atoms with Gasteiger partial charge in [-0.25, -0.2) is 8.78 Å². The van der Waals surface area contributed by atoms with Crippen LogP contribution in [0, 0.1) is 0 Å².